The van der Waals surface area contributed by atoms with Gasteiger partial charge in [-0.05, 0) is 80.5 Å². The Hall–Kier alpha value is -0.660. The fourth-order valence-corrected chi connectivity index (χ4v) is 7.46. The second-order valence-corrected chi connectivity index (χ2v) is 9.98. The highest BCUT2D eigenvalue weighted by Crippen LogP contribution is 2.69. The van der Waals surface area contributed by atoms with E-state index in [1.807, 2.05) is 6.92 Å². The van der Waals surface area contributed by atoms with Crippen molar-refractivity contribution >= 4 is 5.78 Å². The molecule has 0 N–H and O–H groups in total. The van der Waals surface area contributed by atoms with E-state index in [0.717, 1.165) is 25.7 Å². The lowest BCUT2D eigenvalue weighted by atomic mass is 9.45. The first kappa shape index (κ1) is 16.8. The molecule has 0 spiro atoms. The summed E-state index contributed by atoms with van der Waals surface area (Å²) >= 11 is 0. The zero-order valence-electron chi connectivity index (χ0n) is 15.8. The fraction of sp³-hybridized carbons (Fsp3) is 0.864. The van der Waals surface area contributed by atoms with Gasteiger partial charge in [-0.3, -0.25) is 4.79 Å². The molecule has 6 unspecified atom stereocenters. The first-order valence-corrected chi connectivity index (χ1v) is 10.1. The van der Waals surface area contributed by atoms with Gasteiger partial charge in [0.05, 0.1) is 0 Å². The zero-order valence-corrected chi connectivity index (χ0v) is 15.8. The SMILES string of the molecule is CC(=O)[C@@]1(C)CCC2C3CC=C4CC(F)CCC4(C)C3CCC21C. The van der Waals surface area contributed by atoms with E-state index >= 15 is 0 Å². The van der Waals surface area contributed by atoms with Crippen LogP contribution in [0.5, 0.6) is 0 Å². The molecule has 3 saturated carbocycles. The van der Waals surface area contributed by atoms with Gasteiger partial charge in [0.15, 0.2) is 0 Å². The Morgan fingerprint density at radius 1 is 1.08 bits per heavy atom. The first-order valence-electron chi connectivity index (χ1n) is 10.1. The molecule has 0 heterocycles. The molecule has 3 fully saturated rings. The molecule has 4 rings (SSSR count). The van der Waals surface area contributed by atoms with Gasteiger partial charge in [0, 0.05) is 11.8 Å². The van der Waals surface area contributed by atoms with E-state index in [-0.39, 0.29) is 16.2 Å². The highest BCUT2D eigenvalue weighted by Gasteiger charge is 2.63. The molecule has 0 amide bonds. The Labute approximate surface area is 146 Å². The number of Topliss-reactive ketones (excluding diaryl/α,β-unsaturated/α-hetero) is 1. The molecule has 0 saturated heterocycles. The second-order valence-electron chi connectivity index (χ2n) is 9.98. The molecular weight excluding hydrogens is 299 g/mol. The van der Waals surface area contributed by atoms with Crippen LogP contribution in [0.15, 0.2) is 11.6 Å². The van der Waals surface area contributed by atoms with E-state index in [1.54, 1.807) is 0 Å². The van der Waals surface area contributed by atoms with Crippen LogP contribution < -0.4 is 0 Å². The standard InChI is InChI=1S/C22H33FO/c1-14(24)21(3)11-9-19-17-6-5-15-13-16(23)7-10-20(15,2)18(17)8-12-22(19,21)4/h5,16-19H,6-13H2,1-4H3/t16?,17?,18?,19?,20?,21-,22?/m1/s1. The lowest BCUT2D eigenvalue weighted by Crippen LogP contribution is -2.53. The largest absolute Gasteiger partial charge is 0.299 e. The van der Waals surface area contributed by atoms with Crippen LogP contribution in [0, 0.1) is 34.0 Å². The minimum absolute atomic E-state index is 0.135. The molecule has 2 heteroatoms. The van der Waals surface area contributed by atoms with Crippen molar-refractivity contribution in [3.8, 4) is 0 Å². The Bertz CT molecular complexity index is 595. The Kier molecular flexibility index (Phi) is 3.62. The maximum absolute atomic E-state index is 13.9. The number of hydrogen-bond acceptors (Lipinski definition) is 1. The predicted molar refractivity (Wildman–Crippen MR) is 95.4 cm³/mol. The normalized spacial score (nSPS) is 53.6. The van der Waals surface area contributed by atoms with E-state index in [4.69, 9.17) is 0 Å². The van der Waals surface area contributed by atoms with Crippen LogP contribution in [0.2, 0.25) is 0 Å². The van der Waals surface area contributed by atoms with E-state index in [0.29, 0.717) is 30.0 Å². The van der Waals surface area contributed by atoms with Gasteiger partial charge in [-0.25, -0.2) is 4.39 Å². The van der Waals surface area contributed by atoms with Crippen molar-refractivity contribution in [2.45, 2.75) is 85.2 Å². The molecule has 134 valence electrons. The number of halogens is 1. The van der Waals surface area contributed by atoms with Crippen molar-refractivity contribution in [1.29, 1.82) is 0 Å². The number of carbonyl (C=O) groups excluding carboxylic acids is 1. The number of hydrogen-bond donors (Lipinski definition) is 0. The molecule has 0 aromatic heterocycles. The fourth-order valence-electron chi connectivity index (χ4n) is 7.46. The molecule has 0 bridgehead atoms. The van der Waals surface area contributed by atoms with Gasteiger partial charge in [0.1, 0.15) is 12.0 Å². The highest BCUT2D eigenvalue weighted by atomic mass is 19.1. The average molecular weight is 333 g/mol. The van der Waals surface area contributed by atoms with Crippen molar-refractivity contribution in [2.75, 3.05) is 0 Å². The Morgan fingerprint density at radius 2 is 1.79 bits per heavy atom. The predicted octanol–water partition coefficient (Wildman–Crippen LogP) is 5.88. The molecule has 7 atom stereocenters. The van der Waals surface area contributed by atoms with Crippen LogP contribution >= 0.6 is 0 Å². The van der Waals surface area contributed by atoms with E-state index < -0.39 is 6.17 Å². The molecule has 24 heavy (non-hydrogen) atoms. The summed E-state index contributed by atoms with van der Waals surface area (Å²) in [5.74, 6) is 2.47. The Balaban J connectivity index is 1.69. The number of ketones is 1. The number of carbonyl (C=O) groups is 1. The molecule has 0 radical (unpaired) electrons. The van der Waals surface area contributed by atoms with Crippen LogP contribution in [-0.2, 0) is 4.79 Å². The summed E-state index contributed by atoms with van der Waals surface area (Å²) in [6.45, 7) is 8.86. The van der Waals surface area contributed by atoms with Gasteiger partial charge >= 0.3 is 0 Å². The van der Waals surface area contributed by atoms with Gasteiger partial charge < -0.3 is 0 Å². The van der Waals surface area contributed by atoms with Crippen LogP contribution in [-0.4, -0.2) is 12.0 Å². The highest BCUT2D eigenvalue weighted by molar-refractivity contribution is 5.83. The molecule has 0 aromatic carbocycles. The number of fused-ring (bicyclic) bond motifs is 5. The summed E-state index contributed by atoms with van der Waals surface area (Å²) in [5.41, 5.74) is 1.67. The molecule has 4 aliphatic carbocycles. The van der Waals surface area contributed by atoms with Crippen LogP contribution in [0.25, 0.3) is 0 Å². The maximum atomic E-state index is 13.9. The van der Waals surface area contributed by atoms with Crippen molar-refractivity contribution < 1.29 is 9.18 Å². The number of alkyl halides is 1. The van der Waals surface area contributed by atoms with E-state index in [1.165, 1.54) is 24.8 Å². The number of allylic oxidation sites excluding steroid dienone is 2. The lowest BCUT2D eigenvalue weighted by molar-refractivity contribution is -0.138. The van der Waals surface area contributed by atoms with Gasteiger partial charge in [0.25, 0.3) is 0 Å². The first-order chi connectivity index (χ1) is 11.2. The third-order valence-corrected chi connectivity index (χ3v) is 9.43. The topological polar surface area (TPSA) is 17.1 Å². The lowest BCUT2D eigenvalue weighted by Gasteiger charge is -2.59. The summed E-state index contributed by atoms with van der Waals surface area (Å²) in [5, 5.41) is 0. The summed E-state index contributed by atoms with van der Waals surface area (Å²) in [7, 11) is 0. The maximum Gasteiger partial charge on any atom is 0.136 e. The van der Waals surface area contributed by atoms with Gasteiger partial charge in [-0.15, -0.1) is 0 Å². The molecule has 4 aliphatic rings. The monoisotopic (exact) mass is 332 g/mol. The van der Waals surface area contributed by atoms with Crippen LogP contribution in [0.4, 0.5) is 4.39 Å². The quantitative estimate of drug-likeness (QED) is 0.548. The smallest absolute Gasteiger partial charge is 0.136 e. The Morgan fingerprint density at radius 3 is 2.50 bits per heavy atom. The summed E-state index contributed by atoms with van der Waals surface area (Å²) in [4.78, 5) is 12.5. The van der Waals surface area contributed by atoms with Gasteiger partial charge in [0.2, 0.25) is 0 Å². The van der Waals surface area contributed by atoms with Crippen molar-refractivity contribution in [3.05, 3.63) is 11.6 Å². The molecular formula is C22H33FO. The minimum atomic E-state index is -0.623. The zero-order chi connectivity index (χ0) is 17.3. The van der Waals surface area contributed by atoms with Crippen molar-refractivity contribution in [2.24, 2.45) is 34.0 Å². The minimum Gasteiger partial charge on any atom is -0.299 e. The summed E-state index contributed by atoms with van der Waals surface area (Å²) in [6, 6.07) is 0. The van der Waals surface area contributed by atoms with Crippen LogP contribution in [0.3, 0.4) is 0 Å². The molecule has 1 nitrogen and oxygen atoms in total. The average Bonchev–Trinajstić information content (AvgIpc) is 2.81. The molecule has 0 aliphatic heterocycles. The second kappa shape index (κ2) is 5.17. The third-order valence-electron chi connectivity index (χ3n) is 9.43. The molecule has 0 aromatic rings. The van der Waals surface area contributed by atoms with Gasteiger partial charge in [-0.1, -0.05) is 32.4 Å². The van der Waals surface area contributed by atoms with E-state index in [2.05, 4.69) is 26.8 Å². The van der Waals surface area contributed by atoms with Gasteiger partial charge in [-0.2, -0.15) is 0 Å². The van der Waals surface area contributed by atoms with Crippen molar-refractivity contribution in [1.82, 2.24) is 0 Å². The van der Waals surface area contributed by atoms with E-state index in [9.17, 15) is 9.18 Å². The van der Waals surface area contributed by atoms with Crippen molar-refractivity contribution in [3.63, 3.8) is 0 Å². The number of rotatable bonds is 1. The summed E-state index contributed by atoms with van der Waals surface area (Å²) < 4.78 is 13.9. The third kappa shape index (κ3) is 1.95. The summed E-state index contributed by atoms with van der Waals surface area (Å²) in [6.07, 6.45) is 10.0. The van der Waals surface area contributed by atoms with Crippen LogP contribution in [0.1, 0.15) is 79.1 Å².